The van der Waals surface area contributed by atoms with E-state index >= 15 is 0 Å². The number of piperidine rings is 1. The van der Waals surface area contributed by atoms with Crippen LogP contribution in [-0.4, -0.2) is 77.3 Å². The lowest BCUT2D eigenvalue weighted by atomic mass is 9.84. The summed E-state index contributed by atoms with van der Waals surface area (Å²) in [5.41, 5.74) is 5.32. The summed E-state index contributed by atoms with van der Waals surface area (Å²) in [7, 11) is 0. The van der Waals surface area contributed by atoms with E-state index < -0.39 is 35.3 Å². The Morgan fingerprint density at radius 2 is 1.83 bits per heavy atom. The number of urea groups is 1. The molecule has 3 atom stereocenters. The summed E-state index contributed by atoms with van der Waals surface area (Å²) >= 11 is 0. The van der Waals surface area contributed by atoms with Crippen molar-refractivity contribution in [1.82, 2.24) is 20.2 Å². The first-order valence-corrected chi connectivity index (χ1v) is 16.0. The number of carbonyl (C=O) groups excluding carboxylic acids is 2. The van der Waals surface area contributed by atoms with Gasteiger partial charge in [-0.25, -0.2) is 28.3 Å². The SMILES string of the molecule is CC(C)C(N)=NC(=O)N1CCC(C(C)CCOc2cc(N3CC(NC(=O)OC(C)(C)C)C(c4cc(F)ccc4F)C3)ncn2)CC1. The lowest BCUT2D eigenvalue weighted by Gasteiger charge is -2.34. The lowest BCUT2D eigenvalue weighted by Crippen LogP contribution is -2.43. The number of hydrogen-bond donors (Lipinski definition) is 2. The molecule has 0 aliphatic carbocycles. The molecule has 3 heterocycles. The molecule has 4 rings (SSSR count). The predicted molar refractivity (Wildman–Crippen MR) is 172 cm³/mol. The summed E-state index contributed by atoms with van der Waals surface area (Å²) in [5, 5.41) is 2.84. The van der Waals surface area contributed by atoms with Gasteiger partial charge in [-0.05, 0) is 75.6 Å². The van der Waals surface area contributed by atoms with E-state index in [1.165, 1.54) is 12.4 Å². The number of amides is 3. The third kappa shape index (κ3) is 9.49. The second kappa shape index (κ2) is 15.0. The number of nitrogens with two attached hydrogens (primary N) is 1. The maximum absolute atomic E-state index is 14.9. The summed E-state index contributed by atoms with van der Waals surface area (Å²) in [6, 6.07) is 4.22. The number of rotatable bonds is 9. The van der Waals surface area contributed by atoms with E-state index in [1.807, 2.05) is 18.7 Å². The molecule has 3 amide bonds. The number of amidine groups is 1. The second-order valence-corrected chi connectivity index (χ2v) is 13.6. The highest BCUT2D eigenvalue weighted by atomic mass is 19.1. The molecule has 2 saturated heterocycles. The molecular weight excluding hydrogens is 596 g/mol. The van der Waals surface area contributed by atoms with Crippen molar-refractivity contribution >= 4 is 23.8 Å². The van der Waals surface area contributed by atoms with Crippen LogP contribution in [0.25, 0.3) is 0 Å². The zero-order chi connectivity index (χ0) is 33.6. The van der Waals surface area contributed by atoms with Gasteiger partial charge < -0.3 is 30.3 Å². The Kier molecular flexibility index (Phi) is 11.4. The summed E-state index contributed by atoms with van der Waals surface area (Å²) in [5.74, 6) is 0.507. The van der Waals surface area contributed by atoms with E-state index in [9.17, 15) is 18.4 Å². The van der Waals surface area contributed by atoms with Gasteiger partial charge >= 0.3 is 12.1 Å². The van der Waals surface area contributed by atoms with Crippen molar-refractivity contribution in [2.75, 3.05) is 37.7 Å². The van der Waals surface area contributed by atoms with Crippen molar-refractivity contribution in [3.05, 3.63) is 47.8 Å². The predicted octanol–water partition coefficient (Wildman–Crippen LogP) is 5.50. The van der Waals surface area contributed by atoms with Crippen molar-refractivity contribution < 1.29 is 27.8 Å². The van der Waals surface area contributed by atoms with Crippen LogP contribution in [0.4, 0.5) is 24.2 Å². The summed E-state index contributed by atoms with van der Waals surface area (Å²) in [4.78, 5) is 41.4. The number of nitrogens with zero attached hydrogens (tertiary/aromatic N) is 5. The summed E-state index contributed by atoms with van der Waals surface area (Å²) < 4.78 is 40.4. The van der Waals surface area contributed by atoms with Gasteiger partial charge in [-0.15, -0.1) is 0 Å². The summed E-state index contributed by atoms with van der Waals surface area (Å²) in [6.07, 6.45) is 3.36. The van der Waals surface area contributed by atoms with E-state index in [-0.39, 0.29) is 24.1 Å². The van der Waals surface area contributed by atoms with Gasteiger partial charge in [-0.2, -0.15) is 4.99 Å². The Hall–Kier alpha value is -4.03. The van der Waals surface area contributed by atoms with E-state index in [2.05, 4.69) is 27.2 Å². The van der Waals surface area contributed by atoms with Gasteiger partial charge in [-0.3, -0.25) is 0 Å². The second-order valence-electron chi connectivity index (χ2n) is 13.6. The lowest BCUT2D eigenvalue weighted by molar-refractivity contribution is 0.0504. The Bertz CT molecular complexity index is 1390. The molecule has 3 N–H and O–H groups in total. The topological polar surface area (TPSA) is 135 Å². The highest BCUT2D eigenvalue weighted by molar-refractivity contribution is 5.93. The molecule has 2 fully saturated rings. The molecule has 3 unspecified atom stereocenters. The van der Waals surface area contributed by atoms with Crippen LogP contribution in [0, 0.1) is 29.4 Å². The van der Waals surface area contributed by atoms with Crippen LogP contribution >= 0.6 is 0 Å². The van der Waals surface area contributed by atoms with Gasteiger partial charge in [0.15, 0.2) is 0 Å². The standard InChI is InChI=1S/C33H47F2N7O4/c1-20(2)30(36)40-31(43)41-12-9-22(10-13-41)21(3)11-14-45-29-16-28(37-19-38-29)42-17-25(24-15-23(34)7-8-26(24)35)27(18-42)39-32(44)46-33(4,5)6/h7-8,15-16,19-22,25,27H,9-14,17-18H2,1-6H3,(H,39,44)(H2,36,40,43). The fourth-order valence-corrected chi connectivity index (χ4v) is 5.85. The van der Waals surface area contributed by atoms with Gasteiger partial charge in [0, 0.05) is 44.1 Å². The molecule has 2 aliphatic rings. The number of benzene rings is 1. The monoisotopic (exact) mass is 643 g/mol. The van der Waals surface area contributed by atoms with E-state index in [0.29, 0.717) is 55.6 Å². The Balaban J connectivity index is 1.34. The van der Waals surface area contributed by atoms with Gasteiger partial charge in [0.25, 0.3) is 0 Å². The molecule has 0 bridgehead atoms. The molecule has 1 aromatic heterocycles. The number of anilines is 1. The van der Waals surface area contributed by atoms with Gasteiger partial charge in [0.2, 0.25) is 5.88 Å². The van der Waals surface area contributed by atoms with Gasteiger partial charge in [0.05, 0.1) is 12.6 Å². The number of hydrogen-bond acceptors (Lipinski definition) is 7. The maximum atomic E-state index is 14.9. The number of nitrogens with one attached hydrogen (secondary N) is 1. The number of aromatic nitrogens is 2. The first-order chi connectivity index (χ1) is 21.7. The quantitative estimate of drug-likeness (QED) is 0.270. The minimum Gasteiger partial charge on any atom is -0.478 e. The van der Waals surface area contributed by atoms with Crippen LogP contribution < -0.4 is 20.7 Å². The van der Waals surface area contributed by atoms with Crippen LogP contribution in [0.1, 0.15) is 72.3 Å². The first kappa shape index (κ1) is 34.8. The molecule has 2 aromatic rings. The van der Waals surface area contributed by atoms with Crippen LogP contribution in [0.3, 0.4) is 0 Å². The summed E-state index contributed by atoms with van der Waals surface area (Å²) in [6.45, 7) is 13.6. The molecule has 0 spiro atoms. The number of halogens is 2. The molecule has 0 radical (unpaired) electrons. The fraction of sp³-hybridized carbons (Fsp3) is 0.606. The van der Waals surface area contributed by atoms with E-state index in [0.717, 1.165) is 31.4 Å². The third-order valence-electron chi connectivity index (χ3n) is 8.59. The van der Waals surface area contributed by atoms with Crippen molar-refractivity contribution in [1.29, 1.82) is 0 Å². The van der Waals surface area contributed by atoms with Crippen molar-refractivity contribution in [2.24, 2.45) is 28.5 Å². The molecular formula is C33H47F2N7O4. The molecule has 252 valence electrons. The molecule has 0 saturated carbocycles. The van der Waals surface area contributed by atoms with Gasteiger partial charge in [0.1, 0.15) is 35.2 Å². The van der Waals surface area contributed by atoms with E-state index in [4.69, 9.17) is 15.2 Å². The largest absolute Gasteiger partial charge is 0.478 e. The zero-order valence-electron chi connectivity index (χ0n) is 27.6. The molecule has 13 heteroatoms. The number of alkyl carbamates (subject to hydrolysis) is 1. The number of likely N-dealkylation sites (tertiary alicyclic amines) is 1. The van der Waals surface area contributed by atoms with Crippen molar-refractivity contribution in [3.8, 4) is 5.88 Å². The van der Waals surface area contributed by atoms with Crippen LogP contribution in [0.15, 0.2) is 35.6 Å². The maximum Gasteiger partial charge on any atom is 0.407 e. The Morgan fingerprint density at radius 1 is 1.11 bits per heavy atom. The average molecular weight is 644 g/mol. The fourth-order valence-electron chi connectivity index (χ4n) is 5.85. The molecule has 1 aromatic carbocycles. The molecule has 46 heavy (non-hydrogen) atoms. The zero-order valence-corrected chi connectivity index (χ0v) is 27.6. The minimum absolute atomic E-state index is 0.0302. The average Bonchev–Trinajstić information content (AvgIpc) is 3.40. The third-order valence-corrected chi connectivity index (χ3v) is 8.59. The molecule has 11 nitrogen and oxygen atoms in total. The van der Waals surface area contributed by atoms with Gasteiger partial charge in [-0.1, -0.05) is 20.8 Å². The Morgan fingerprint density at radius 3 is 2.50 bits per heavy atom. The highest BCUT2D eigenvalue weighted by Gasteiger charge is 2.38. The van der Waals surface area contributed by atoms with Crippen molar-refractivity contribution in [2.45, 2.75) is 78.4 Å². The first-order valence-electron chi connectivity index (χ1n) is 16.0. The van der Waals surface area contributed by atoms with Crippen LogP contribution in [-0.2, 0) is 4.74 Å². The van der Waals surface area contributed by atoms with E-state index in [1.54, 1.807) is 31.7 Å². The van der Waals surface area contributed by atoms with Crippen LogP contribution in [0.2, 0.25) is 0 Å². The number of ether oxygens (including phenoxy) is 2. The highest BCUT2D eigenvalue weighted by Crippen LogP contribution is 2.33. The molecule has 2 aliphatic heterocycles. The number of aliphatic imine (C=N–C) groups is 1. The smallest absolute Gasteiger partial charge is 0.407 e. The minimum atomic E-state index is -0.716. The number of carbonyl (C=O) groups is 2. The Labute approximate surface area is 269 Å². The van der Waals surface area contributed by atoms with Crippen LogP contribution in [0.5, 0.6) is 5.88 Å². The normalized spacial score (nSPS) is 20.2. The van der Waals surface area contributed by atoms with Crippen molar-refractivity contribution in [3.63, 3.8) is 0 Å².